The number of phenolic OH excluding ortho intramolecular Hbond substituents is 1. The molecule has 0 aliphatic rings. The average Bonchev–Trinajstić information content (AvgIpc) is 2.56. The molecule has 0 aromatic heterocycles. The van der Waals surface area contributed by atoms with Gasteiger partial charge in [-0.15, -0.1) is 0 Å². The Balaban J connectivity index is 0.000000518. The van der Waals surface area contributed by atoms with Gasteiger partial charge in [-0.25, -0.2) is 0 Å². The molecule has 1 aromatic rings. The second kappa shape index (κ2) is 14.1. The van der Waals surface area contributed by atoms with Crippen LogP contribution in [-0.2, 0) is 0 Å². The van der Waals surface area contributed by atoms with E-state index in [1.54, 1.807) is 42.8 Å². The van der Waals surface area contributed by atoms with Gasteiger partial charge in [0.15, 0.2) is 0 Å². The van der Waals surface area contributed by atoms with Crippen molar-refractivity contribution in [2.45, 2.75) is 66.2 Å². The Morgan fingerprint density at radius 1 is 0.727 bits per heavy atom. The van der Waals surface area contributed by atoms with Crippen LogP contribution in [-0.4, -0.2) is 29.8 Å². The van der Waals surface area contributed by atoms with E-state index >= 15 is 0 Å². The maximum Gasteiger partial charge on any atom is 0.115 e. The second-order valence-electron chi connectivity index (χ2n) is 6.22. The molecular weight excluding hydrogens is 287 g/mol. The summed E-state index contributed by atoms with van der Waals surface area (Å²) < 4.78 is 0. The number of hydrogen-bond acceptors (Lipinski definition) is 1. The highest BCUT2D eigenvalue weighted by Gasteiger charge is 2.32. The van der Waals surface area contributed by atoms with E-state index in [1.165, 1.54) is 44.7 Å². The van der Waals surface area contributed by atoms with Crippen molar-refractivity contribution in [2.24, 2.45) is 0 Å². The number of para-hydroxylation sites is 1. The summed E-state index contributed by atoms with van der Waals surface area (Å²) in [5.74, 6) is 0.322. The summed E-state index contributed by atoms with van der Waals surface area (Å²) in [6, 6.07) is 8.71. The fourth-order valence-electron chi connectivity index (χ4n) is 2.72. The molecule has 1 rings (SSSR count). The normalized spacial score (nSPS) is 10.9. The van der Waals surface area contributed by atoms with E-state index in [9.17, 15) is 0 Å². The maximum absolute atomic E-state index is 8.63. The molecule has 1 nitrogen and oxygen atoms in total. The predicted octanol–water partition coefficient (Wildman–Crippen LogP) is 6.82. The van der Waals surface area contributed by atoms with Crippen LogP contribution in [0.15, 0.2) is 30.3 Å². The van der Waals surface area contributed by atoms with Crippen molar-refractivity contribution in [1.82, 2.24) is 0 Å². The molecule has 1 aromatic carbocycles. The number of hydrogen-bond donors (Lipinski definition) is 1. The van der Waals surface area contributed by atoms with E-state index in [-0.39, 0.29) is 0 Å². The molecule has 0 radical (unpaired) electrons. The predicted molar refractivity (Wildman–Crippen MR) is 105 cm³/mol. The van der Waals surface area contributed by atoms with E-state index in [0.29, 0.717) is 5.75 Å². The van der Waals surface area contributed by atoms with Crippen molar-refractivity contribution in [3.63, 3.8) is 0 Å². The molecule has 0 saturated heterocycles. The first-order chi connectivity index (χ1) is 10.6. The zero-order chi connectivity index (χ0) is 16.7. The monoisotopic (exact) mass is 325 g/mol. The molecule has 22 heavy (non-hydrogen) atoms. The first kappa shape index (κ1) is 21.4. The third-order valence-electron chi connectivity index (χ3n) is 4.39. The van der Waals surface area contributed by atoms with Gasteiger partial charge in [-0.1, -0.05) is 58.2 Å². The van der Waals surface area contributed by atoms with Crippen molar-refractivity contribution >= 4 is 7.26 Å². The van der Waals surface area contributed by atoms with Gasteiger partial charge >= 0.3 is 0 Å². The van der Waals surface area contributed by atoms with E-state index in [0.717, 1.165) is 0 Å². The van der Waals surface area contributed by atoms with Crippen LogP contribution >= 0.6 is 7.26 Å². The zero-order valence-electron chi connectivity index (χ0n) is 15.4. The number of phenols is 1. The van der Waals surface area contributed by atoms with Gasteiger partial charge in [-0.05, 0) is 38.3 Å². The third kappa shape index (κ3) is 10.2. The Kier molecular flexibility index (Phi) is 13.7. The second-order valence-corrected chi connectivity index (χ2v) is 10.9. The Morgan fingerprint density at radius 3 is 1.36 bits per heavy atom. The highest BCUT2D eigenvalue weighted by Crippen LogP contribution is 2.60. The van der Waals surface area contributed by atoms with Crippen molar-refractivity contribution in [2.75, 3.05) is 24.6 Å². The Bertz CT molecular complexity index is 315. The van der Waals surface area contributed by atoms with Crippen LogP contribution < -0.4 is 0 Å². The topological polar surface area (TPSA) is 20.2 Å². The molecule has 1 N–H and O–H groups in total. The van der Waals surface area contributed by atoms with Crippen LogP contribution in [0, 0.1) is 0 Å². The summed E-state index contributed by atoms with van der Waals surface area (Å²) in [6.45, 7) is 9.46. The molecule has 2 heteroatoms. The lowest BCUT2D eigenvalue weighted by Crippen LogP contribution is -2.11. The standard InChI is InChI=1S/C14H32P.C6H6O/c1-5-9-12-15(8-4,13-10-6-2)14-11-7-3;7-6-4-2-1-3-5-6/h5-14H2,1-4H3;1-5,7H/q+1;. The van der Waals surface area contributed by atoms with Crippen molar-refractivity contribution in [3.8, 4) is 5.75 Å². The van der Waals surface area contributed by atoms with Gasteiger partial charge in [0, 0.05) is 7.26 Å². The minimum Gasteiger partial charge on any atom is -0.508 e. The summed E-state index contributed by atoms with van der Waals surface area (Å²) in [7, 11) is -0.527. The highest BCUT2D eigenvalue weighted by molar-refractivity contribution is 7.75. The van der Waals surface area contributed by atoms with E-state index < -0.39 is 7.26 Å². The molecule has 0 heterocycles. The van der Waals surface area contributed by atoms with Gasteiger partial charge in [-0.3, -0.25) is 0 Å². The van der Waals surface area contributed by atoms with Crippen LogP contribution in [0.1, 0.15) is 66.2 Å². The van der Waals surface area contributed by atoms with Crippen molar-refractivity contribution < 1.29 is 5.11 Å². The van der Waals surface area contributed by atoms with Gasteiger partial charge in [-0.2, -0.15) is 0 Å². The summed E-state index contributed by atoms with van der Waals surface area (Å²) in [5.41, 5.74) is 0. The molecule has 0 fully saturated rings. The number of benzene rings is 1. The largest absolute Gasteiger partial charge is 0.508 e. The summed E-state index contributed by atoms with van der Waals surface area (Å²) in [5, 5.41) is 8.63. The van der Waals surface area contributed by atoms with Gasteiger partial charge < -0.3 is 5.11 Å². The minimum absolute atomic E-state index is 0.322. The zero-order valence-corrected chi connectivity index (χ0v) is 16.2. The average molecular weight is 325 g/mol. The van der Waals surface area contributed by atoms with Gasteiger partial charge in [0.2, 0.25) is 0 Å². The highest BCUT2D eigenvalue weighted by atomic mass is 31.2. The van der Waals surface area contributed by atoms with Crippen LogP contribution in [0.5, 0.6) is 5.75 Å². The number of unbranched alkanes of at least 4 members (excludes halogenated alkanes) is 3. The number of rotatable bonds is 10. The molecule has 0 bridgehead atoms. The lowest BCUT2D eigenvalue weighted by atomic mass is 10.3. The van der Waals surface area contributed by atoms with Crippen LogP contribution in [0.2, 0.25) is 0 Å². The molecule has 0 atom stereocenters. The summed E-state index contributed by atoms with van der Waals surface area (Å²) in [6.07, 6.45) is 14.9. The van der Waals surface area contributed by atoms with Crippen molar-refractivity contribution in [3.05, 3.63) is 30.3 Å². The lowest BCUT2D eigenvalue weighted by molar-refractivity contribution is 0.475. The Labute approximate surface area is 139 Å². The first-order valence-electron chi connectivity index (χ1n) is 9.23. The van der Waals surface area contributed by atoms with E-state index in [1.807, 2.05) is 6.07 Å². The molecule has 128 valence electrons. The van der Waals surface area contributed by atoms with Gasteiger partial charge in [0.25, 0.3) is 0 Å². The third-order valence-corrected chi connectivity index (χ3v) is 9.52. The molecule has 0 amide bonds. The van der Waals surface area contributed by atoms with Crippen LogP contribution in [0.25, 0.3) is 0 Å². The first-order valence-corrected chi connectivity index (χ1v) is 11.8. The van der Waals surface area contributed by atoms with Crippen molar-refractivity contribution in [1.29, 1.82) is 0 Å². The Hall–Kier alpha value is -0.550. The summed E-state index contributed by atoms with van der Waals surface area (Å²) in [4.78, 5) is 0. The molecule has 0 unspecified atom stereocenters. The van der Waals surface area contributed by atoms with Gasteiger partial charge in [0.05, 0.1) is 24.6 Å². The SMILES string of the molecule is CCCC[P+](CC)(CCCC)CCCC.Oc1ccccc1. The molecular formula is C20H38OP+. The molecule has 0 aliphatic heterocycles. The van der Waals surface area contributed by atoms with Gasteiger partial charge in [0.1, 0.15) is 5.75 Å². The molecule has 0 saturated carbocycles. The maximum atomic E-state index is 8.63. The lowest BCUT2D eigenvalue weighted by Gasteiger charge is -2.26. The summed E-state index contributed by atoms with van der Waals surface area (Å²) >= 11 is 0. The number of aromatic hydroxyl groups is 1. The van der Waals surface area contributed by atoms with E-state index in [2.05, 4.69) is 27.7 Å². The smallest absolute Gasteiger partial charge is 0.115 e. The molecule has 0 aliphatic carbocycles. The Morgan fingerprint density at radius 2 is 1.14 bits per heavy atom. The fourth-order valence-corrected chi connectivity index (χ4v) is 7.30. The van der Waals surface area contributed by atoms with E-state index in [4.69, 9.17) is 5.11 Å². The minimum atomic E-state index is -0.527. The van der Waals surface area contributed by atoms with Crippen LogP contribution in [0.3, 0.4) is 0 Å². The quantitative estimate of drug-likeness (QED) is 0.468. The molecule has 0 spiro atoms. The van der Waals surface area contributed by atoms with Crippen LogP contribution in [0.4, 0.5) is 0 Å². The fraction of sp³-hybridized carbons (Fsp3) is 0.700.